The van der Waals surface area contributed by atoms with Crippen LogP contribution in [-0.4, -0.2) is 36.1 Å². The molecule has 0 amide bonds. The van der Waals surface area contributed by atoms with Gasteiger partial charge in [-0.1, -0.05) is 6.92 Å². The molecule has 0 atom stereocenters. The van der Waals surface area contributed by atoms with Crippen LogP contribution in [0.5, 0.6) is 0 Å². The Balaban J connectivity index is 1.73. The predicted octanol–water partition coefficient (Wildman–Crippen LogP) is 1.89. The maximum absolute atomic E-state index is 4.64. The molecule has 16 heavy (non-hydrogen) atoms. The molecule has 2 rings (SSSR count). The first kappa shape index (κ1) is 12.0. The first-order valence-corrected chi connectivity index (χ1v) is 7.13. The third kappa shape index (κ3) is 3.54. The van der Waals surface area contributed by atoms with Gasteiger partial charge >= 0.3 is 0 Å². The van der Waals surface area contributed by atoms with Gasteiger partial charge in [-0.25, -0.2) is 4.98 Å². The van der Waals surface area contributed by atoms with Gasteiger partial charge in [0.1, 0.15) is 0 Å². The highest BCUT2D eigenvalue weighted by molar-refractivity contribution is 7.09. The van der Waals surface area contributed by atoms with E-state index in [1.165, 1.54) is 43.2 Å². The van der Waals surface area contributed by atoms with Crippen molar-refractivity contribution in [1.29, 1.82) is 0 Å². The molecular formula is C12H21N3S. The van der Waals surface area contributed by atoms with E-state index in [0.29, 0.717) is 0 Å². The smallest absolute Gasteiger partial charge is 0.0941 e. The lowest BCUT2D eigenvalue weighted by atomic mass is 10.4. The van der Waals surface area contributed by atoms with Crippen molar-refractivity contribution < 1.29 is 0 Å². The molecule has 3 nitrogen and oxygen atoms in total. The van der Waals surface area contributed by atoms with E-state index in [9.17, 15) is 0 Å². The highest BCUT2D eigenvalue weighted by Crippen LogP contribution is 2.13. The van der Waals surface area contributed by atoms with Crippen LogP contribution in [0.25, 0.3) is 0 Å². The van der Waals surface area contributed by atoms with Gasteiger partial charge < -0.3 is 10.2 Å². The number of thiazole rings is 1. The molecule has 90 valence electrons. The topological polar surface area (TPSA) is 28.2 Å². The largest absolute Gasteiger partial charge is 0.311 e. The Labute approximate surface area is 102 Å². The minimum Gasteiger partial charge on any atom is -0.311 e. The summed E-state index contributed by atoms with van der Waals surface area (Å²) >= 11 is 1.81. The second-order valence-electron chi connectivity index (χ2n) is 4.31. The molecule has 0 radical (unpaired) electrons. The Morgan fingerprint density at radius 3 is 3.00 bits per heavy atom. The molecule has 0 aromatic carbocycles. The maximum Gasteiger partial charge on any atom is 0.0941 e. The summed E-state index contributed by atoms with van der Waals surface area (Å²) in [5.41, 5.74) is 1.20. The average Bonchev–Trinajstić information content (AvgIpc) is 2.95. The molecule has 0 bridgehead atoms. The van der Waals surface area contributed by atoms with E-state index in [1.807, 2.05) is 0 Å². The van der Waals surface area contributed by atoms with Crippen molar-refractivity contribution in [3.63, 3.8) is 0 Å². The minimum atomic E-state index is 0.913. The molecule has 0 spiro atoms. The van der Waals surface area contributed by atoms with Crippen molar-refractivity contribution in [3.05, 3.63) is 16.1 Å². The zero-order chi connectivity index (χ0) is 11.2. The van der Waals surface area contributed by atoms with Crippen molar-refractivity contribution in [2.24, 2.45) is 0 Å². The van der Waals surface area contributed by atoms with Crippen molar-refractivity contribution in [1.82, 2.24) is 15.2 Å². The molecule has 1 aliphatic rings. The molecular weight excluding hydrogens is 218 g/mol. The Kier molecular flexibility index (Phi) is 4.75. The summed E-state index contributed by atoms with van der Waals surface area (Å²) in [4.78, 5) is 7.19. The average molecular weight is 239 g/mol. The van der Waals surface area contributed by atoms with Gasteiger partial charge in [0.25, 0.3) is 0 Å². The van der Waals surface area contributed by atoms with Gasteiger partial charge in [0.15, 0.2) is 0 Å². The van der Waals surface area contributed by atoms with Crippen LogP contribution in [0.4, 0.5) is 0 Å². The molecule has 0 aliphatic carbocycles. The van der Waals surface area contributed by atoms with Crippen LogP contribution >= 0.6 is 11.3 Å². The molecule has 0 saturated carbocycles. The molecule has 0 unspecified atom stereocenters. The van der Waals surface area contributed by atoms with Gasteiger partial charge in [0, 0.05) is 24.9 Å². The summed E-state index contributed by atoms with van der Waals surface area (Å²) in [6, 6.07) is 0. The molecule has 1 aliphatic heterocycles. The number of hydrogen-bond donors (Lipinski definition) is 1. The van der Waals surface area contributed by atoms with Crippen molar-refractivity contribution in [3.8, 4) is 0 Å². The minimum absolute atomic E-state index is 0.913. The maximum atomic E-state index is 4.64. The van der Waals surface area contributed by atoms with Crippen LogP contribution in [0, 0.1) is 0 Å². The number of nitrogens with one attached hydrogen (secondary N) is 1. The van der Waals surface area contributed by atoms with Gasteiger partial charge in [-0.15, -0.1) is 11.3 Å². The van der Waals surface area contributed by atoms with Crippen LogP contribution in [0.15, 0.2) is 5.38 Å². The second kappa shape index (κ2) is 6.33. The number of hydrogen-bond acceptors (Lipinski definition) is 4. The lowest BCUT2D eigenvalue weighted by Gasteiger charge is -2.12. The van der Waals surface area contributed by atoms with Gasteiger partial charge in [0.2, 0.25) is 0 Å². The Hall–Kier alpha value is -0.450. The standard InChI is InChI=1S/C12H21N3S/c1-2-13-9-11-10-16-12(14-11)5-8-15-6-3-4-7-15/h10,13H,2-9H2,1H3. The van der Waals surface area contributed by atoms with Crippen molar-refractivity contribution in [2.45, 2.75) is 32.7 Å². The highest BCUT2D eigenvalue weighted by atomic mass is 32.1. The number of nitrogens with zero attached hydrogens (tertiary/aromatic N) is 2. The Bertz CT molecular complexity index is 305. The monoisotopic (exact) mass is 239 g/mol. The quantitative estimate of drug-likeness (QED) is 0.821. The van der Waals surface area contributed by atoms with E-state index in [4.69, 9.17) is 0 Å². The molecule has 1 N–H and O–H groups in total. The summed E-state index contributed by atoms with van der Waals surface area (Å²) in [5, 5.41) is 6.78. The lowest BCUT2D eigenvalue weighted by Crippen LogP contribution is -2.21. The third-order valence-electron chi connectivity index (χ3n) is 3.00. The lowest BCUT2D eigenvalue weighted by molar-refractivity contribution is 0.343. The molecule has 1 fully saturated rings. The fourth-order valence-electron chi connectivity index (χ4n) is 2.06. The van der Waals surface area contributed by atoms with E-state index in [1.54, 1.807) is 11.3 Å². The van der Waals surface area contributed by atoms with Crippen molar-refractivity contribution >= 4 is 11.3 Å². The first-order chi connectivity index (χ1) is 7.88. The Morgan fingerprint density at radius 1 is 1.44 bits per heavy atom. The number of aromatic nitrogens is 1. The summed E-state index contributed by atoms with van der Waals surface area (Å²) in [6.07, 6.45) is 3.88. The number of likely N-dealkylation sites (tertiary alicyclic amines) is 1. The second-order valence-corrected chi connectivity index (χ2v) is 5.25. The molecule has 1 saturated heterocycles. The predicted molar refractivity (Wildman–Crippen MR) is 68.9 cm³/mol. The third-order valence-corrected chi connectivity index (χ3v) is 3.95. The van der Waals surface area contributed by atoms with E-state index in [2.05, 4.69) is 27.5 Å². The Morgan fingerprint density at radius 2 is 2.25 bits per heavy atom. The highest BCUT2D eigenvalue weighted by Gasteiger charge is 2.11. The zero-order valence-corrected chi connectivity index (χ0v) is 10.9. The fourth-order valence-corrected chi connectivity index (χ4v) is 2.85. The summed E-state index contributed by atoms with van der Waals surface area (Å²) in [7, 11) is 0. The van der Waals surface area contributed by atoms with Crippen LogP contribution in [0.3, 0.4) is 0 Å². The summed E-state index contributed by atoms with van der Waals surface area (Å²) in [5.74, 6) is 0. The zero-order valence-electron chi connectivity index (χ0n) is 10.0. The van der Waals surface area contributed by atoms with Gasteiger partial charge in [-0.3, -0.25) is 0 Å². The van der Waals surface area contributed by atoms with Crippen LogP contribution in [-0.2, 0) is 13.0 Å². The van der Waals surface area contributed by atoms with Crippen molar-refractivity contribution in [2.75, 3.05) is 26.2 Å². The number of rotatable bonds is 6. The molecule has 4 heteroatoms. The van der Waals surface area contributed by atoms with Crippen LogP contribution in [0.1, 0.15) is 30.5 Å². The molecule has 1 aromatic heterocycles. The summed E-state index contributed by atoms with van der Waals surface area (Å²) in [6.45, 7) is 7.82. The van der Waals surface area contributed by atoms with Gasteiger partial charge in [0.05, 0.1) is 10.7 Å². The van der Waals surface area contributed by atoms with E-state index in [0.717, 1.165) is 19.5 Å². The summed E-state index contributed by atoms with van der Waals surface area (Å²) < 4.78 is 0. The van der Waals surface area contributed by atoms with Crippen LogP contribution < -0.4 is 5.32 Å². The van der Waals surface area contributed by atoms with E-state index >= 15 is 0 Å². The first-order valence-electron chi connectivity index (χ1n) is 6.25. The molecule has 1 aromatic rings. The van der Waals surface area contributed by atoms with Gasteiger partial charge in [-0.05, 0) is 32.5 Å². The fraction of sp³-hybridized carbons (Fsp3) is 0.750. The van der Waals surface area contributed by atoms with E-state index < -0.39 is 0 Å². The van der Waals surface area contributed by atoms with Gasteiger partial charge in [-0.2, -0.15) is 0 Å². The normalized spacial score (nSPS) is 17.1. The SMILES string of the molecule is CCNCc1csc(CCN2CCCC2)n1. The van der Waals surface area contributed by atoms with Crippen LogP contribution in [0.2, 0.25) is 0 Å². The van der Waals surface area contributed by atoms with E-state index in [-0.39, 0.29) is 0 Å². The molecule has 2 heterocycles.